The summed E-state index contributed by atoms with van der Waals surface area (Å²) in [5, 5.41) is 49.2. The zero-order valence-electron chi connectivity index (χ0n) is 29.1. The Morgan fingerprint density at radius 3 is 1.23 bits per heavy atom. The molecule has 0 atom stereocenters. The van der Waals surface area contributed by atoms with Gasteiger partial charge in [-0.1, -0.05) is 47.5 Å². The normalized spacial score (nSPS) is 11.0. The number of phenolic OH excluding ortho intramolecular Hbond substituents is 2. The number of benzene rings is 4. The molecule has 0 aliphatic heterocycles. The summed E-state index contributed by atoms with van der Waals surface area (Å²) in [6.07, 6.45) is 0. The summed E-state index contributed by atoms with van der Waals surface area (Å²) < 4.78 is 45.5. The first-order valence-electron chi connectivity index (χ1n) is 14.6. The van der Waals surface area contributed by atoms with Crippen molar-refractivity contribution in [3.63, 3.8) is 0 Å². The molecule has 8 N–H and O–H groups in total. The average Bonchev–Trinajstić information content (AvgIpc) is 3.07. The number of para-hydroxylation sites is 2. The average molecular weight is 902 g/mol. The molecule has 0 aliphatic rings. The molecule has 0 saturated heterocycles. The van der Waals surface area contributed by atoms with Crippen LogP contribution < -0.4 is 50.5 Å². The Kier molecular flexibility index (Phi) is 19.3. The first-order valence-corrected chi connectivity index (χ1v) is 18.5. The quantitative estimate of drug-likeness (QED) is 0.0521. The smallest absolute Gasteiger partial charge is 0.506 e. The van der Waals surface area contributed by atoms with Crippen molar-refractivity contribution < 1.29 is 92.6 Å². The van der Waals surface area contributed by atoms with E-state index >= 15 is 0 Å². The second-order valence-electron chi connectivity index (χ2n) is 10.5. The molecular weight excluding hydrogens is 873 g/mol. The molecule has 0 bridgehead atoms. The summed E-state index contributed by atoms with van der Waals surface area (Å²) in [5.41, 5.74) is -0.0500. The van der Waals surface area contributed by atoms with Crippen molar-refractivity contribution in [2.45, 2.75) is 23.6 Å². The number of hydrogen-bond acceptors (Lipinski definition) is 14. The molecule has 56 heavy (non-hydrogen) atoms. The molecule has 4 aromatic carbocycles. The van der Waals surface area contributed by atoms with Crippen LogP contribution in [0.25, 0.3) is 0 Å². The summed E-state index contributed by atoms with van der Waals surface area (Å²) in [5.74, 6) is -3.99. The van der Waals surface area contributed by atoms with Gasteiger partial charge in [0.25, 0.3) is 0 Å². The first kappa shape index (κ1) is 49.6. The number of carbonyl (C=O) groups is 4. The molecule has 0 heterocycles. The fourth-order valence-corrected chi connectivity index (χ4v) is 5.20. The number of hydrogen-bond donors (Lipinski definition) is 6. The topological polar surface area (TPSA) is 303 Å². The van der Waals surface area contributed by atoms with Crippen LogP contribution in [0.3, 0.4) is 0 Å². The Labute approximate surface area is 362 Å². The van der Waals surface area contributed by atoms with Gasteiger partial charge in [0, 0.05) is 28.3 Å². The van der Waals surface area contributed by atoms with E-state index in [-0.39, 0.29) is 88.9 Å². The van der Waals surface area contributed by atoms with Gasteiger partial charge in [0.1, 0.15) is 34.7 Å². The molecule has 2 amide bonds. The van der Waals surface area contributed by atoms with E-state index in [1.807, 2.05) is 0 Å². The molecule has 0 aliphatic carbocycles. The van der Waals surface area contributed by atoms with Crippen LogP contribution in [0.2, 0.25) is 10.0 Å². The Morgan fingerprint density at radius 1 is 0.625 bits per heavy atom. The summed E-state index contributed by atoms with van der Waals surface area (Å²) in [4.78, 5) is 47.4. The van der Waals surface area contributed by atoms with E-state index in [1.54, 1.807) is 36.4 Å². The van der Waals surface area contributed by atoms with Crippen LogP contribution in [-0.2, 0) is 56.0 Å². The molecule has 4 aromatic rings. The number of sulfonamides is 2. The predicted molar refractivity (Wildman–Crippen MR) is 196 cm³/mol. The maximum absolute atomic E-state index is 12.3. The molecule has 4 rings (SSSR count). The number of azo groups is 2. The predicted octanol–water partition coefficient (Wildman–Crippen LogP) is 2.07. The summed E-state index contributed by atoms with van der Waals surface area (Å²) in [7, 11) is -8.08. The van der Waals surface area contributed by atoms with Crippen molar-refractivity contribution in [1.29, 1.82) is 0 Å². The molecule has 1 radical (unpaired) electrons. The maximum atomic E-state index is 12.3. The number of rotatable bonds is 12. The van der Waals surface area contributed by atoms with Gasteiger partial charge in [0.05, 0.1) is 31.2 Å². The second kappa shape index (κ2) is 21.8. The van der Waals surface area contributed by atoms with E-state index in [4.69, 9.17) is 33.5 Å². The number of phenols is 2. The fraction of sp³-hybridized carbons (Fsp3) is 0.0625. The molecule has 24 heteroatoms. The van der Waals surface area contributed by atoms with E-state index in [2.05, 4.69) is 31.1 Å². The first-order chi connectivity index (χ1) is 25.2. The summed E-state index contributed by atoms with van der Waals surface area (Å²) in [6, 6.07) is 17.7. The standard InChI is InChI=1S/2C16H14ClN4O5S.Co.Na/c2*1-9(22)15(16(24)19-12-5-3-2-4-11(12)17)21-20-13-8-10(27(18,25)26)6-7-14(13)23;;/h2*2-8,23H,1H3,(H,19,24)(H2,18,25,26);;/q2*-1;;+1. The number of Topliss-reactive ketones (excluding diaryl/α,β-unsaturated/α-hetero) is 2. The minimum atomic E-state index is -4.04. The van der Waals surface area contributed by atoms with Crippen LogP contribution in [0.1, 0.15) is 13.8 Å². The van der Waals surface area contributed by atoms with Gasteiger partial charge in [-0.3, -0.25) is 0 Å². The number of nitrogens with two attached hydrogens (primary N) is 2. The van der Waals surface area contributed by atoms with E-state index < -0.39 is 67.0 Å². The Balaban J connectivity index is 0.000000541. The third-order valence-electron chi connectivity index (χ3n) is 6.41. The third-order valence-corrected chi connectivity index (χ3v) is 8.89. The molecule has 0 unspecified atom stereocenters. The van der Waals surface area contributed by atoms with Crippen LogP contribution in [0.4, 0.5) is 22.7 Å². The van der Waals surface area contributed by atoms with Gasteiger partial charge in [0.15, 0.2) is 0 Å². The van der Waals surface area contributed by atoms with Gasteiger partial charge in [0.2, 0.25) is 20.0 Å². The van der Waals surface area contributed by atoms with Crippen LogP contribution in [-0.4, -0.2) is 50.4 Å². The number of nitrogens with one attached hydrogen (secondary N) is 2. The number of anilines is 2. The van der Waals surface area contributed by atoms with Gasteiger partial charge in [-0.15, -0.1) is 12.1 Å². The van der Waals surface area contributed by atoms with Crippen LogP contribution in [0.5, 0.6) is 11.5 Å². The number of ketones is 2. The Bertz CT molecular complexity index is 2230. The van der Waals surface area contributed by atoms with Crippen LogP contribution >= 0.6 is 23.2 Å². The molecular formula is C32H28Cl2CoN8NaO10S2-. The van der Waals surface area contributed by atoms with Crippen molar-refractivity contribution in [2.24, 2.45) is 30.7 Å². The number of carbonyl (C=O) groups excluding carboxylic acids is 4. The van der Waals surface area contributed by atoms with Crippen molar-refractivity contribution in [3.05, 3.63) is 107 Å². The van der Waals surface area contributed by atoms with Crippen LogP contribution in [0, 0.1) is 12.1 Å². The Morgan fingerprint density at radius 2 is 0.946 bits per heavy atom. The minimum absolute atomic E-state index is 0. The Hall–Kier alpha value is -4.39. The number of nitrogens with zero attached hydrogens (tertiary/aromatic N) is 4. The van der Waals surface area contributed by atoms with Gasteiger partial charge in [-0.2, -0.15) is 10.2 Å². The maximum Gasteiger partial charge on any atom is 1.00 e. The molecule has 293 valence electrons. The monoisotopic (exact) mass is 900 g/mol. The van der Waals surface area contributed by atoms with E-state index in [0.29, 0.717) is 0 Å². The largest absolute Gasteiger partial charge is 1.00 e. The van der Waals surface area contributed by atoms with Crippen molar-refractivity contribution in [2.75, 3.05) is 10.6 Å². The minimum Gasteiger partial charge on any atom is -0.506 e. The van der Waals surface area contributed by atoms with Crippen molar-refractivity contribution in [1.82, 2.24) is 0 Å². The van der Waals surface area contributed by atoms with Crippen molar-refractivity contribution >= 4 is 89.4 Å². The number of primary sulfonamides is 2. The van der Waals surface area contributed by atoms with Gasteiger partial charge in [-0.05, 0) is 74.5 Å². The zero-order chi connectivity index (χ0) is 40.4. The van der Waals surface area contributed by atoms with Gasteiger partial charge >= 0.3 is 29.6 Å². The van der Waals surface area contributed by atoms with E-state index in [1.165, 1.54) is 12.1 Å². The number of amides is 2. The number of aromatic hydroxyl groups is 2. The molecule has 0 fully saturated rings. The molecule has 18 nitrogen and oxygen atoms in total. The number of halogens is 2. The van der Waals surface area contributed by atoms with Gasteiger partial charge < -0.3 is 50.3 Å². The van der Waals surface area contributed by atoms with Crippen molar-refractivity contribution in [3.8, 4) is 11.5 Å². The molecule has 0 spiro atoms. The zero-order valence-corrected chi connectivity index (χ0v) is 35.3. The molecule has 0 saturated carbocycles. The fourth-order valence-electron chi connectivity index (χ4n) is 3.77. The van der Waals surface area contributed by atoms with Crippen LogP contribution in [0.15, 0.2) is 115 Å². The third kappa shape index (κ3) is 14.6. The second-order valence-corrected chi connectivity index (χ2v) is 14.4. The molecule has 0 aromatic heterocycles. The van der Waals surface area contributed by atoms with Gasteiger partial charge in [-0.25, -0.2) is 27.1 Å². The van der Waals surface area contributed by atoms with E-state index in [0.717, 1.165) is 50.2 Å². The summed E-state index contributed by atoms with van der Waals surface area (Å²) >= 11 is 11.9. The SMILES string of the molecule is CC(=O)[C-](N=Nc1cc(S(N)(=O)=O)ccc1O)C(=O)Nc1ccccc1Cl.CC(=O)[C-](N=Nc1cc(S(N)(=O)=O)ccc1O)C(=O)Nc1ccccc1Cl.[Co].[Na+]. The summed E-state index contributed by atoms with van der Waals surface area (Å²) in [6.45, 7) is 2.20. The van der Waals surface area contributed by atoms with E-state index in [9.17, 15) is 46.2 Å².